The Kier molecular flexibility index (Phi) is 6.68. The fourth-order valence-electron chi connectivity index (χ4n) is 3.69. The van der Waals surface area contributed by atoms with Crippen molar-refractivity contribution in [3.63, 3.8) is 0 Å². The Balaban J connectivity index is 1.60. The fraction of sp³-hybridized carbons (Fsp3) is 0.409. The summed E-state index contributed by atoms with van der Waals surface area (Å²) < 4.78 is 58.3. The van der Waals surface area contributed by atoms with Crippen LogP contribution in [-0.2, 0) is 22.3 Å². The zero-order chi connectivity index (χ0) is 23.6. The molecule has 4 rings (SSSR count). The Morgan fingerprint density at radius 2 is 1.91 bits per heavy atom. The number of piperidine rings is 1. The number of thiophene rings is 1. The minimum Gasteiger partial charge on any atom is -0.466 e. The van der Waals surface area contributed by atoms with Gasteiger partial charge in [0, 0.05) is 19.6 Å². The molecule has 176 valence electrons. The van der Waals surface area contributed by atoms with Gasteiger partial charge in [0.05, 0.1) is 17.9 Å². The molecule has 1 aliphatic heterocycles. The summed E-state index contributed by atoms with van der Waals surface area (Å²) in [4.78, 5) is 22.2. The van der Waals surface area contributed by atoms with Crippen LogP contribution in [0.2, 0.25) is 0 Å². The van der Waals surface area contributed by atoms with Gasteiger partial charge in [0.1, 0.15) is 21.3 Å². The third-order valence-electron chi connectivity index (χ3n) is 5.43. The molecule has 0 spiro atoms. The van der Waals surface area contributed by atoms with Crippen LogP contribution in [0.25, 0.3) is 10.2 Å². The number of carbonyl (C=O) groups is 1. The molecule has 6 nitrogen and oxygen atoms in total. The number of anilines is 2. The van der Waals surface area contributed by atoms with Crippen LogP contribution < -0.4 is 10.2 Å². The zero-order valence-electron chi connectivity index (χ0n) is 17.8. The van der Waals surface area contributed by atoms with Gasteiger partial charge in [0.25, 0.3) is 0 Å². The zero-order valence-corrected chi connectivity index (χ0v) is 18.6. The molecule has 1 fully saturated rings. The van der Waals surface area contributed by atoms with Gasteiger partial charge in [-0.2, -0.15) is 18.2 Å². The van der Waals surface area contributed by atoms with Gasteiger partial charge in [-0.05, 0) is 43.5 Å². The topological polar surface area (TPSA) is 67.3 Å². The number of benzene rings is 1. The van der Waals surface area contributed by atoms with Crippen LogP contribution in [-0.4, -0.2) is 35.6 Å². The van der Waals surface area contributed by atoms with Crippen LogP contribution in [0, 0.1) is 11.7 Å². The molecule has 2 aromatic heterocycles. The maximum absolute atomic E-state index is 13.3. The molecule has 33 heavy (non-hydrogen) atoms. The summed E-state index contributed by atoms with van der Waals surface area (Å²) in [7, 11) is 0. The highest BCUT2D eigenvalue weighted by Crippen LogP contribution is 2.40. The van der Waals surface area contributed by atoms with E-state index in [0.29, 0.717) is 49.8 Å². The molecule has 1 N–H and O–H groups in total. The summed E-state index contributed by atoms with van der Waals surface area (Å²) in [5, 5.41) is 3.35. The molecule has 0 atom stereocenters. The molecule has 0 radical (unpaired) electrons. The number of rotatable bonds is 6. The van der Waals surface area contributed by atoms with Crippen LogP contribution in [0.15, 0.2) is 30.3 Å². The molecule has 1 aromatic carbocycles. The highest BCUT2D eigenvalue weighted by Gasteiger charge is 2.34. The largest absolute Gasteiger partial charge is 0.466 e. The molecular formula is C22H22F4N4O2S. The molecule has 0 saturated carbocycles. The van der Waals surface area contributed by atoms with Gasteiger partial charge < -0.3 is 15.0 Å². The van der Waals surface area contributed by atoms with Crippen LogP contribution in [0.4, 0.5) is 29.3 Å². The van der Waals surface area contributed by atoms with E-state index in [1.165, 1.54) is 12.1 Å². The van der Waals surface area contributed by atoms with Gasteiger partial charge in [0.2, 0.25) is 5.95 Å². The second-order valence-corrected chi connectivity index (χ2v) is 8.72. The number of nitrogens with one attached hydrogen (secondary N) is 1. The number of alkyl halides is 3. The number of esters is 1. The van der Waals surface area contributed by atoms with Crippen molar-refractivity contribution < 1.29 is 27.1 Å². The number of hydrogen-bond donors (Lipinski definition) is 1. The first kappa shape index (κ1) is 23.2. The van der Waals surface area contributed by atoms with Crippen molar-refractivity contribution in [3.05, 3.63) is 46.6 Å². The van der Waals surface area contributed by atoms with Gasteiger partial charge in [-0.25, -0.2) is 9.37 Å². The summed E-state index contributed by atoms with van der Waals surface area (Å²) in [5.41, 5.74) is 0.756. The third kappa shape index (κ3) is 5.35. The van der Waals surface area contributed by atoms with Gasteiger partial charge in [-0.15, -0.1) is 11.3 Å². The molecule has 0 unspecified atom stereocenters. The van der Waals surface area contributed by atoms with E-state index >= 15 is 0 Å². The number of halogens is 4. The Morgan fingerprint density at radius 1 is 1.21 bits per heavy atom. The van der Waals surface area contributed by atoms with E-state index in [1.807, 2.05) is 4.90 Å². The lowest BCUT2D eigenvalue weighted by Gasteiger charge is -2.31. The molecular weight excluding hydrogens is 460 g/mol. The molecule has 0 amide bonds. The lowest BCUT2D eigenvalue weighted by Crippen LogP contribution is -2.38. The number of aromatic nitrogens is 2. The third-order valence-corrected chi connectivity index (χ3v) is 6.51. The molecule has 1 saturated heterocycles. The van der Waals surface area contributed by atoms with Crippen LogP contribution in [0.5, 0.6) is 0 Å². The number of nitrogens with zero attached hydrogens (tertiary/aromatic N) is 3. The van der Waals surface area contributed by atoms with E-state index in [-0.39, 0.29) is 40.3 Å². The average molecular weight is 483 g/mol. The van der Waals surface area contributed by atoms with E-state index in [1.54, 1.807) is 19.1 Å². The van der Waals surface area contributed by atoms with E-state index < -0.39 is 11.1 Å². The van der Waals surface area contributed by atoms with Crippen LogP contribution >= 0.6 is 11.3 Å². The Hall–Kier alpha value is -2.95. The smallest absolute Gasteiger partial charge is 0.425 e. The van der Waals surface area contributed by atoms with E-state index in [9.17, 15) is 22.4 Å². The molecule has 3 aromatic rings. The van der Waals surface area contributed by atoms with E-state index in [0.717, 1.165) is 11.6 Å². The number of carbonyl (C=O) groups excluding carboxylic acids is 1. The maximum Gasteiger partial charge on any atom is 0.425 e. The number of ether oxygens (including phenoxy) is 1. The van der Waals surface area contributed by atoms with E-state index in [2.05, 4.69) is 15.3 Å². The maximum atomic E-state index is 13.3. The highest BCUT2D eigenvalue weighted by molar-refractivity contribution is 7.18. The van der Waals surface area contributed by atoms with Gasteiger partial charge >= 0.3 is 12.1 Å². The molecule has 1 aliphatic rings. The first-order valence-electron chi connectivity index (χ1n) is 10.5. The predicted molar refractivity (Wildman–Crippen MR) is 118 cm³/mol. The minimum absolute atomic E-state index is 0.209. The van der Waals surface area contributed by atoms with E-state index in [4.69, 9.17) is 4.74 Å². The molecule has 11 heteroatoms. The lowest BCUT2D eigenvalue weighted by molar-refractivity contribution is -0.148. The van der Waals surface area contributed by atoms with Crippen molar-refractivity contribution in [1.29, 1.82) is 0 Å². The first-order chi connectivity index (χ1) is 15.7. The SMILES string of the molecule is CCOC(=O)C1CCN(c2nc(NCc3ccc(F)cc3)c3cc(C(F)(F)F)sc3n2)CC1. The highest BCUT2D eigenvalue weighted by atomic mass is 32.1. The Labute approximate surface area is 191 Å². The summed E-state index contributed by atoms with van der Waals surface area (Å²) in [6, 6.07) is 6.87. The monoisotopic (exact) mass is 482 g/mol. The summed E-state index contributed by atoms with van der Waals surface area (Å²) >= 11 is 0.566. The van der Waals surface area contributed by atoms with Gasteiger partial charge in [0.15, 0.2) is 0 Å². The first-order valence-corrected chi connectivity index (χ1v) is 11.3. The van der Waals surface area contributed by atoms with Crippen molar-refractivity contribution in [2.24, 2.45) is 5.92 Å². The molecule has 0 bridgehead atoms. The second-order valence-electron chi connectivity index (χ2n) is 7.69. The van der Waals surface area contributed by atoms with Gasteiger partial charge in [-0.1, -0.05) is 12.1 Å². The predicted octanol–water partition coefficient (Wildman–Crippen LogP) is 5.24. The fourth-order valence-corrected chi connectivity index (χ4v) is 4.58. The quantitative estimate of drug-likeness (QED) is 0.383. The summed E-state index contributed by atoms with van der Waals surface area (Å²) in [6.45, 7) is 3.32. The minimum atomic E-state index is -4.49. The lowest BCUT2D eigenvalue weighted by atomic mass is 9.97. The Bertz CT molecular complexity index is 1130. The Morgan fingerprint density at radius 3 is 2.55 bits per heavy atom. The standard InChI is InChI=1S/C22H22F4N4O2S/c1-2-32-20(31)14-7-9-30(10-8-14)21-28-18(27-12-13-3-5-15(23)6-4-13)16-11-17(22(24,25)26)33-19(16)29-21/h3-6,11,14H,2,7-10,12H2,1H3,(H,27,28,29). The molecule has 3 heterocycles. The number of hydrogen-bond acceptors (Lipinski definition) is 7. The van der Waals surface area contributed by atoms with Crippen LogP contribution in [0.1, 0.15) is 30.2 Å². The van der Waals surface area contributed by atoms with Gasteiger partial charge in [-0.3, -0.25) is 4.79 Å². The van der Waals surface area contributed by atoms with Crippen molar-refractivity contribution in [2.75, 3.05) is 29.9 Å². The van der Waals surface area contributed by atoms with Crippen molar-refractivity contribution >= 4 is 39.3 Å². The van der Waals surface area contributed by atoms with Crippen LogP contribution in [0.3, 0.4) is 0 Å². The van der Waals surface area contributed by atoms with Crippen molar-refractivity contribution in [2.45, 2.75) is 32.5 Å². The number of fused-ring (bicyclic) bond motifs is 1. The summed E-state index contributed by atoms with van der Waals surface area (Å²) in [5.74, 6) is -0.229. The molecule has 0 aliphatic carbocycles. The second kappa shape index (κ2) is 9.50. The van der Waals surface area contributed by atoms with Crippen molar-refractivity contribution in [3.8, 4) is 0 Å². The summed E-state index contributed by atoms with van der Waals surface area (Å²) in [6.07, 6.45) is -3.38. The normalized spacial score (nSPS) is 15.1. The van der Waals surface area contributed by atoms with Crippen molar-refractivity contribution in [1.82, 2.24) is 9.97 Å². The average Bonchev–Trinajstić information content (AvgIpc) is 3.24.